The molecule has 1 aliphatic carbocycles. The molecule has 0 fully saturated rings. The fourth-order valence-electron chi connectivity index (χ4n) is 4.18. The van der Waals surface area contributed by atoms with Gasteiger partial charge in [-0.1, -0.05) is 62.4 Å². The molecule has 2 N–H and O–H groups in total. The van der Waals surface area contributed by atoms with E-state index in [1.54, 1.807) is 0 Å². The number of aliphatic carboxylic acids is 1. The number of carboxylic acids is 1. The second-order valence-corrected chi connectivity index (χ2v) is 8.71. The van der Waals surface area contributed by atoms with Crippen LogP contribution in [0.1, 0.15) is 50.2 Å². The summed E-state index contributed by atoms with van der Waals surface area (Å²) < 4.78 is 5.58. The van der Waals surface area contributed by atoms with Crippen LogP contribution in [0.15, 0.2) is 48.5 Å². The maximum absolute atomic E-state index is 12.7. The van der Waals surface area contributed by atoms with Crippen molar-refractivity contribution in [2.45, 2.75) is 45.1 Å². The number of carbonyl (C=O) groups is 3. The van der Waals surface area contributed by atoms with Crippen molar-refractivity contribution < 1.29 is 24.2 Å². The highest BCUT2D eigenvalue weighted by molar-refractivity contribution is 5.81. The fraction of sp³-hybridized carbons (Fsp3) is 0.423. The molecular formula is C26H32N2O5. The summed E-state index contributed by atoms with van der Waals surface area (Å²) in [6.45, 7) is 4.26. The summed E-state index contributed by atoms with van der Waals surface area (Å²) in [5.74, 6) is -1.27. The fourth-order valence-corrected chi connectivity index (χ4v) is 4.18. The molecule has 0 unspecified atom stereocenters. The minimum atomic E-state index is -1.07. The van der Waals surface area contributed by atoms with Gasteiger partial charge in [-0.25, -0.2) is 9.59 Å². The van der Waals surface area contributed by atoms with E-state index in [9.17, 15) is 19.5 Å². The number of rotatable bonds is 10. The van der Waals surface area contributed by atoms with E-state index >= 15 is 0 Å². The highest BCUT2D eigenvalue weighted by Gasteiger charge is 2.31. The van der Waals surface area contributed by atoms with Gasteiger partial charge in [-0.05, 0) is 41.5 Å². The van der Waals surface area contributed by atoms with Crippen LogP contribution in [0.3, 0.4) is 0 Å². The third-order valence-corrected chi connectivity index (χ3v) is 6.10. The van der Waals surface area contributed by atoms with Crippen LogP contribution in [0.2, 0.25) is 0 Å². The van der Waals surface area contributed by atoms with E-state index in [0.717, 1.165) is 27.2 Å². The van der Waals surface area contributed by atoms with Crippen molar-refractivity contribution in [2.24, 2.45) is 5.92 Å². The number of carbonyl (C=O) groups excluding carboxylic acids is 2. The molecule has 0 aromatic heterocycles. The van der Waals surface area contributed by atoms with Crippen molar-refractivity contribution in [1.82, 2.24) is 10.2 Å². The van der Waals surface area contributed by atoms with Gasteiger partial charge in [0.15, 0.2) is 0 Å². The number of nitrogens with zero attached hydrogens (tertiary/aromatic N) is 1. The first-order valence-electron chi connectivity index (χ1n) is 11.4. The molecule has 176 valence electrons. The molecule has 0 saturated heterocycles. The van der Waals surface area contributed by atoms with E-state index in [4.69, 9.17) is 4.74 Å². The molecule has 7 heteroatoms. The van der Waals surface area contributed by atoms with E-state index in [1.165, 1.54) is 7.05 Å². The van der Waals surface area contributed by atoms with Crippen molar-refractivity contribution in [3.05, 3.63) is 59.7 Å². The standard InChI is InChI=1S/C26H32N2O5/c1-17(2)24(29)27-15-9-8-14-23(25(30)31)28(3)26(32)33-16-22-20-12-6-4-10-18(20)19-11-5-7-13-21(19)22/h4-7,10-13,17,22-23H,8-9,14-16H2,1-3H3,(H,27,29)(H,30,31)/t23-/m0/s1. The number of amides is 2. The molecule has 0 aliphatic heterocycles. The van der Waals surface area contributed by atoms with Gasteiger partial charge >= 0.3 is 12.1 Å². The van der Waals surface area contributed by atoms with Crippen LogP contribution in [0.25, 0.3) is 11.1 Å². The van der Waals surface area contributed by atoms with E-state index in [2.05, 4.69) is 17.4 Å². The molecule has 2 aromatic carbocycles. The first-order valence-corrected chi connectivity index (χ1v) is 11.4. The number of ether oxygens (including phenoxy) is 1. The zero-order chi connectivity index (χ0) is 24.0. The SMILES string of the molecule is CC(C)C(=O)NCCCC[C@@H](C(=O)O)N(C)C(=O)OCC1c2ccccc2-c2ccccc21. The molecule has 3 rings (SSSR count). The normalized spacial score (nSPS) is 13.2. The van der Waals surface area contributed by atoms with Gasteiger partial charge in [-0.3, -0.25) is 9.69 Å². The van der Waals surface area contributed by atoms with Crippen LogP contribution in [0, 0.1) is 5.92 Å². The summed E-state index contributed by atoms with van der Waals surface area (Å²) in [6, 6.07) is 15.1. The Bertz CT molecular complexity index is 958. The monoisotopic (exact) mass is 452 g/mol. The second-order valence-electron chi connectivity index (χ2n) is 8.71. The van der Waals surface area contributed by atoms with Crippen molar-refractivity contribution in [2.75, 3.05) is 20.2 Å². The molecule has 0 bridgehead atoms. The summed E-state index contributed by atoms with van der Waals surface area (Å²) in [5, 5.41) is 12.4. The number of fused-ring (bicyclic) bond motifs is 3. The van der Waals surface area contributed by atoms with E-state index in [1.807, 2.05) is 50.2 Å². The minimum absolute atomic E-state index is 0.0273. The molecular weight excluding hydrogens is 420 g/mol. The molecule has 2 amide bonds. The van der Waals surface area contributed by atoms with Gasteiger partial charge < -0.3 is 15.2 Å². The van der Waals surface area contributed by atoms with Gasteiger partial charge in [0.25, 0.3) is 0 Å². The third-order valence-electron chi connectivity index (χ3n) is 6.10. The lowest BCUT2D eigenvalue weighted by Gasteiger charge is -2.25. The third kappa shape index (κ3) is 5.72. The topological polar surface area (TPSA) is 95.9 Å². The summed E-state index contributed by atoms with van der Waals surface area (Å²) in [4.78, 5) is 37.2. The van der Waals surface area contributed by atoms with Gasteiger partial charge in [0, 0.05) is 25.4 Å². The van der Waals surface area contributed by atoms with Crippen LogP contribution in [-0.4, -0.2) is 54.2 Å². The Morgan fingerprint density at radius 3 is 2.12 bits per heavy atom. The summed E-state index contributed by atoms with van der Waals surface area (Å²) in [5.41, 5.74) is 4.48. The number of benzene rings is 2. The second kappa shape index (κ2) is 11.0. The molecule has 1 atom stereocenters. The molecule has 1 aliphatic rings. The van der Waals surface area contributed by atoms with E-state index in [-0.39, 0.29) is 30.8 Å². The zero-order valence-electron chi connectivity index (χ0n) is 19.4. The molecule has 0 saturated carbocycles. The highest BCUT2D eigenvalue weighted by atomic mass is 16.6. The zero-order valence-corrected chi connectivity index (χ0v) is 19.4. The van der Waals surface area contributed by atoms with Crippen LogP contribution in [0.5, 0.6) is 0 Å². The van der Waals surface area contributed by atoms with Crippen molar-refractivity contribution in [1.29, 1.82) is 0 Å². The van der Waals surface area contributed by atoms with Gasteiger partial charge in [0.05, 0.1) is 0 Å². The lowest BCUT2D eigenvalue weighted by molar-refractivity contribution is -0.142. The van der Waals surface area contributed by atoms with Crippen LogP contribution in [-0.2, 0) is 14.3 Å². The average molecular weight is 453 g/mol. The van der Waals surface area contributed by atoms with Gasteiger partial charge in [-0.2, -0.15) is 0 Å². The first kappa shape index (κ1) is 24.3. The minimum Gasteiger partial charge on any atom is -0.480 e. The lowest BCUT2D eigenvalue weighted by Crippen LogP contribution is -2.43. The molecule has 0 spiro atoms. The number of hydrogen-bond donors (Lipinski definition) is 2. The number of carboxylic acid groups (broad SMARTS) is 1. The Morgan fingerprint density at radius 1 is 1.00 bits per heavy atom. The molecule has 0 heterocycles. The number of hydrogen-bond acceptors (Lipinski definition) is 4. The number of unbranched alkanes of at least 4 members (excludes halogenated alkanes) is 1. The lowest BCUT2D eigenvalue weighted by atomic mass is 9.98. The van der Waals surface area contributed by atoms with Gasteiger partial charge in [0.1, 0.15) is 12.6 Å². The summed E-state index contributed by atoms with van der Waals surface area (Å²) >= 11 is 0. The smallest absolute Gasteiger partial charge is 0.410 e. The predicted molar refractivity (Wildman–Crippen MR) is 126 cm³/mol. The maximum Gasteiger partial charge on any atom is 0.410 e. The quantitative estimate of drug-likeness (QED) is 0.525. The summed E-state index contributed by atoms with van der Waals surface area (Å²) in [7, 11) is 1.46. The Morgan fingerprint density at radius 2 is 1.58 bits per heavy atom. The Kier molecular flexibility index (Phi) is 8.09. The number of likely N-dealkylation sites (N-methyl/N-ethyl adjacent to an activating group) is 1. The maximum atomic E-state index is 12.7. The predicted octanol–water partition coefficient (Wildman–Crippen LogP) is 4.26. The van der Waals surface area contributed by atoms with Crippen molar-refractivity contribution in [3.63, 3.8) is 0 Å². The Labute approximate surface area is 194 Å². The molecule has 33 heavy (non-hydrogen) atoms. The largest absolute Gasteiger partial charge is 0.480 e. The molecule has 0 radical (unpaired) electrons. The number of nitrogens with one attached hydrogen (secondary N) is 1. The van der Waals surface area contributed by atoms with E-state index < -0.39 is 18.1 Å². The highest BCUT2D eigenvalue weighted by Crippen LogP contribution is 2.44. The summed E-state index contributed by atoms with van der Waals surface area (Å²) in [6.07, 6.45) is 0.836. The first-order chi connectivity index (χ1) is 15.8. The van der Waals surface area contributed by atoms with Gasteiger partial charge in [-0.15, -0.1) is 0 Å². The van der Waals surface area contributed by atoms with Crippen LogP contribution < -0.4 is 5.32 Å². The van der Waals surface area contributed by atoms with E-state index in [0.29, 0.717) is 19.4 Å². The van der Waals surface area contributed by atoms with Crippen LogP contribution >= 0.6 is 0 Å². The van der Waals surface area contributed by atoms with Crippen LogP contribution in [0.4, 0.5) is 4.79 Å². The van der Waals surface area contributed by atoms with Crippen molar-refractivity contribution >= 4 is 18.0 Å². The molecule has 7 nitrogen and oxygen atoms in total. The Hall–Kier alpha value is -3.35. The average Bonchev–Trinajstić information content (AvgIpc) is 3.12. The Balaban J connectivity index is 1.55. The molecule has 2 aromatic rings. The van der Waals surface area contributed by atoms with Gasteiger partial charge in [0.2, 0.25) is 5.91 Å². The van der Waals surface area contributed by atoms with Crippen molar-refractivity contribution in [3.8, 4) is 11.1 Å².